The molecule has 0 amide bonds. The van der Waals surface area contributed by atoms with Crippen LogP contribution in [0.3, 0.4) is 0 Å². The lowest BCUT2D eigenvalue weighted by Crippen LogP contribution is -2.41. The second-order valence-corrected chi connectivity index (χ2v) is 4.20. The highest BCUT2D eigenvalue weighted by Crippen LogP contribution is 2.26. The molecule has 1 unspecified atom stereocenters. The second-order valence-electron chi connectivity index (χ2n) is 4.20. The zero-order valence-corrected chi connectivity index (χ0v) is 8.79. The Kier molecular flexibility index (Phi) is 2.82. The molecule has 1 fully saturated rings. The van der Waals surface area contributed by atoms with Gasteiger partial charge in [-0.15, -0.1) is 0 Å². The lowest BCUT2D eigenvalue weighted by Gasteiger charge is -2.28. The number of aromatic nitrogens is 1. The van der Waals surface area contributed by atoms with Crippen LogP contribution in [-0.2, 0) is 6.42 Å². The fourth-order valence-corrected chi connectivity index (χ4v) is 2.34. The lowest BCUT2D eigenvalue weighted by atomic mass is 9.87. The van der Waals surface area contributed by atoms with Gasteiger partial charge in [0.1, 0.15) is 0 Å². The number of rotatable bonds is 3. The van der Waals surface area contributed by atoms with Crippen LogP contribution in [0.15, 0.2) is 24.5 Å². The summed E-state index contributed by atoms with van der Waals surface area (Å²) in [4.78, 5) is 4.05. The molecule has 1 aliphatic rings. The van der Waals surface area contributed by atoms with Crippen LogP contribution in [0.25, 0.3) is 0 Å². The molecule has 2 nitrogen and oxygen atoms in total. The van der Waals surface area contributed by atoms with Crippen molar-refractivity contribution in [3.8, 4) is 0 Å². The summed E-state index contributed by atoms with van der Waals surface area (Å²) in [6.07, 6.45) is 8.76. The van der Waals surface area contributed by atoms with Crippen LogP contribution in [0.4, 0.5) is 0 Å². The summed E-state index contributed by atoms with van der Waals surface area (Å²) < 4.78 is 0. The first-order valence-corrected chi connectivity index (χ1v) is 5.49. The Bertz CT molecular complexity index is 276. The van der Waals surface area contributed by atoms with Crippen molar-refractivity contribution in [2.45, 2.75) is 38.1 Å². The van der Waals surface area contributed by atoms with Gasteiger partial charge in [-0.25, -0.2) is 0 Å². The van der Waals surface area contributed by atoms with Crippen molar-refractivity contribution in [2.75, 3.05) is 6.54 Å². The van der Waals surface area contributed by atoms with Gasteiger partial charge in [-0.3, -0.25) is 4.98 Å². The highest BCUT2D eigenvalue weighted by molar-refractivity contribution is 5.15. The van der Waals surface area contributed by atoms with Crippen LogP contribution in [0, 0.1) is 0 Å². The van der Waals surface area contributed by atoms with Crippen LogP contribution < -0.4 is 5.32 Å². The summed E-state index contributed by atoms with van der Waals surface area (Å²) in [5, 5.41) is 3.65. The Labute approximate surface area is 85.7 Å². The molecule has 1 aromatic rings. The topological polar surface area (TPSA) is 24.9 Å². The highest BCUT2D eigenvalue weighted by Gasteiger charge is 2.31. The first kappa shape index (κ1) is 9.66. The smallest absolute Gasteiger partial charge is 0.0270 e. The molecule has 1 saturated heterocycles. The second kappa shape index (κ2) is 4.09. The van der Waals surface area contributed by atoms with Gasteiger partial charge in [0.05, 0.1) is 0 Å². The van der Waals surface area contributed by atoms with Crippen LogP contribution in [0.1, 0.15) is 31.7 Å². The first-order valence-electron chi connectivity index (χ1n) is 5.49. The van der Waals surface area contributed by atoms with Gasteiger partial charge in [0.25, 0.3) is 0 Å². The third kappa shape index (κ3) is 1.95. The van der Waals surface area contributed by atoms with Crippen LogP contribution >= 0.6 is 0 Å². The summed E-state index contributed by atoms with van der Waals surface area (Å²) in [7, 11) is 0. The molecule has 1 N–H and O–H groups in total. The molecule has 2 heterocycles. The minimum absolute atomic E-state index is 0.362. The summed E-state index contributed by atoms with van der Waals surface area (Å²) >= 11 is 0. The van der Waals surface area contributed by atoms with Crippen molar-refractivity contribution in [2.24, 2.45) is 0 Å². The fraction of sp³-hybridized carbons (Fsp3) is 0.583. The quantitative estimate of drug-likeness (QED) is 0.790. The van der Waals surface area contributed by atoms with Gasteiger partial charge in [-0.1, -0.05) is 6.92 Å². The summed E-state index contributed by atoms with van der Waals surface area (Å²) in [5.74, 6) is 0. The Morgan fingerprint density at radius 1 is 1.43 bits per heavy atom. The average molecular weight is 190 g/mol. The third-order valence-corrected chi connectivity index (χ3v) is 3.30. The van der Waals surface area contributed by atoms with E-state index in [4.69, 9.17) is 0 Å². The van der Waals surface area contributed by atoms with E-state index in [0.29, 0.717) is 5.54 Å². The van der Waals surface area contributed by atoms with E-state index in [-0.39, 0.29) is 0 Å². The maximum absolute atomic E-state index is 4.05. The van der Waals surface area contributed by atoms with Crippen molar-refractivity contribution in [1.82, 2.24) is 10.3 Å². The molecule has 0 saturated carbocycles. The van der Waals surface area contributed by atoms with E-state index in [1.165, 1.54) is 31.4 Å². The van der Waals surface area contributed by atoms with E-state index in [2.05, 4.69) is 29.4 Å². The van der Waals surface area contributed by atoms with E-state index in [0.717, 1.165) is 6.42 Å². The van der Waals surface area contributed by atoms with Gasteiger partial charge >= 0.3 is 0 Å². The molecule has 1 atom stereocenters. The van der Waals surface area contributed by atoms with E-state index in [9.17, 15) is 0 Å². The summed E-state index contributed by atoms with van der Waals surface area (Å²) in [5.41, 5.74) is 1.76. The molecule has 0 bridgehead atoms. The molecule has 1 aliphatic heterocycles. The Morgan fingerprint density at radius 2 is 2.21 bits per heavy atom. The third-order valence-electron chi connectivity index (χ3n) is 3.30. The fourth-order valence-electron chi connectivity index (χ4n) is 2.34. The summed E-state index contributed by atoms with van der Waals surface area (Å²) in [6, 6.07) is 4.24. The van der Waals surface area contributed by atoms with Crippen molar-refractivity contribution >= 4 is 0 Å². The number of hydrogen-bond acceptors (Lipinski definition) is 2. The largest absolute Gasteiger partial charge is 0.311 e. The predicted octanol–water partition coefficient (Wildman–Crippen LogP) is 2.16. The Morgan fingerprint density at radius 3 is 2.79 bits per heavy atom. The number of nitrogens with one attached hydrogen (secondary N) is 1. The lowest BCUT2D eigenvalue weighted by molar-refractivity contribution is 0.360. The summed E-state index contributed by atoms with van der Waals surface area (Å²) in [6.45, 7) is 3.46. The zero-order chi connectivity index (χ0) is 9.86. The molecule has 14 heavy (non-hydrogen) atoms. The maximum Gasteiger partial charge on any atom is 0.0270 e. The Balaban J connectivity index is 2.08. The van der Waals surface area contributed by atoms with Crippen molar-refractivity contribution in [1.29, 1.82) is 0 Å². The molecular formula is C12H18N2. The zero-order valence-electron chi connectivity index (χ0n) is 8.79. The van der Waals surface area contributed by atoms with Gasteiger partial charge in [0.2, 0.25) is 0 Å². The minimum atomic E-state index is 0.362. The van der Waals surface area contributed by atoms with Crippen LogP contribution in [0.2, 0.25) is 0 Å². The number of hydrogen-bond donors (Lipinski definition) is 1. The van der Waals surface area contributed by atoms with Crippen molar-refractivity contribution < 1.29 is 0 Å². The molecule has 2 heteroatoms. The van der Waals surface area contributed by atoms with Gasteiger partial charge in [0.15, 0.2) is 0 Å². The van der Waals surface area contributed by atoms with E-state index < -0.39 is 0 Å². The van der Waals surface area contributed by atoms with Crippen LogP contribution in [-0.4, -0.2) is 17.1 Å². The monoisotopic (exact) mass is 190 g/mol. The van der Waals surface area contributed by atoms with Crippen molar-refractivity contribution in [3.05, 3.63) is 30.1 Å². The molecular weight excluding hydrogens is 172 g/mol. The highest BCUT2D eigenvalue weighted by atomic mass is 15.0. The van der Waals surface area contributed by atoms with Gasteiger partial charge in [-0.2, -0.15) is 0 Å². The molecule has 1 aromatic heterocycles. The number of nitrogens with zero attached hydrogens (tertiary/aromatic N) is 1. The van der Waals surface area contributed by atoms with E-state index in [1.54, 1.807) is 0 Å². The minimum Gasteiger partial charge on any atom is -0.311 e. The van der Waals surface area contributed by atoms with Gasteiger partial charge in [-0.05, 0) is 49.9 Å². The molecule has 0 aliphatic carbocycles. The molecule has 0 spiro atoms. The van der Waals surface area contributed by atoms with Crippen molar-refractivity contribution in [3.63, 3.8) is 0 Å². The van der Waals surface area contributed by atoms with Gasteiger partial charge in [0, 0.05) is 17.9 Å². The van der Waals surface area contributed by atoms with Crippen LogP contribution in [0.5, 0.6) is 0 Å². The van der Waals surface area contributed by atoms with Gasteiger partial charge < -0.3 is 5.32 Å². The van der Waals surface area contributed by atoms with E-state index >= 15 is 0 Å². The predicted molar refractivity (Wildman–Crippen MR) is 58.2 cm³/mol. The molecule has 0 radical (unpaired) electrons. The number of pyridine rings is 1. The maximum atomic E-state index is 4.05. The normalized spacial score (nSPS) is 26.6. The van der Waals surface area contributed by atoms with E-state index in [1.807, 2.05) is 12.4 Å². The SMILES string of the molecule is CCC1(Cc2ccncc2)CCCN1. The Hall–Kier alpha value is -0.890. The molecule has 76 valence electrons. The first-order chi connectivity index (χ1) is 6.85. The molecule has 0 aromatic carbocycles. The average Bonchev–Trinajstić information content (AvgIpc) is 2.69. The standard InChI is InChI=1S/C12H18N2/c1-2-12(6-3-7-14-12)10-11-4-8-13-9-5-11/h4-5,8-9,14H,2-3,6-7,10H2,1H3. The molecule has 2 rings (SSSR count).